The van der Waals surface area contributed by atoms with Crippen molar-refractivity contribution in [3.05, 3.63) is 29.6 Å². The van der Waals surface area contributed by atoms with E-state index in [1.807, 2.05) is 0 Å². The van der Waals surface area contributed by atoms with Crippen molar-refractivity contribution in [2.45, 2.75) is 25.2 Å². The summed E-state index contributed by atoms with van der Waals surface area (Å²) in [5, 5.41) is 9.66. The smallest absolute Gasteiger partial charge is 0.156 e. The normalized spacial score (nSPS) is 27.2. The zero-order valence-corrected chi connectivity index (χ0v) is 11.2. The molecule has 7 heteroatoms. The first-order valence-corrected chi connectivity index (χ1v) is 7.71. The van der Waals surface area contributed by atoms with Crippen LogP contribution in [-0.4, -0.2) is 37.2 Å². The molecular formula is C12H16FNO4S. The Morgan fingerprint density at radius 1 is 1.47 bits per heavy atom. The van der Waals surface area contributed by atoms with E-state index in [4.69, 9.17) is 10.5 Å². The first-order chi connectivity index (χ1) is 8.78. The number of halogens is 1. The molecule has 0 amide bonds. The van der Waals surface area contributed by atoms with Crippen LogP contribution < -0.4 is 10.5 Å². The van der Waals surface area contributed by atoms with Gasteiger partial charge in [-0.3, -0.25) is 0 Å². The van der Waals surface area contributed by atoms with Crippen molar-refractivity contribution >= 4 is 9.84 Å². The molecule has 5 nitrogen and oxygen atoms in total. The lowest BCUT2D eigenvalue weighted by atomic mass is 10.1. The summed E-state index contributed by atoms with van der Waals surface area (Å²) in [6.45, 7) is 1.67. The lowest BCUT2D eigenvalue weighted by Gasteiger charge is -2.19. The number of rotatable bonds is 3. The van der Waals surface area contributed by atoms with Crippen LogP contribution in [0.25, 0.3) is 0 Å². The van der Waals surface area contributed by atoms with E-state index in [1.54, 1.807) is 6.92 Å². The highest BCUT2D eigenvalue weighted by atomic mass is 32.2. The second-order valence-electron chi connectivity index (χ2n) is 4.77. The average Bonchev–Trinajstić information content (AvgIpc) is 2.54. The maximum Gasteiger partial charge on any atom is 0.156 e. The van der Waals surface area contributed by atoms with Crippen molar-refractivity contribution in [2.75, 3.05) is 11.5 Å². The fraction of sp³-hybridized carbons (Fsp3) is 0.500. The maximum atomic E-state index is 13.2. The van der Waals surface area contributed by atoms with Gasteiger partial charge in [0.2, 0.25) is 0 Å². The molecule has 0 aromatic heterocycles. The van der Waals surface area contributed by atoms with Crippen molar-refractivity contribution in [3.8, 4) is 5.75 Å². The molecule has 3 atom stereocenters. The van der Waals surface area contributed by atoms with Gasteiger partial charge >= 0.3 is 0 Å². The average molecular weight is 289 g/mol. The zero-order chi connectivity index (χ0) is 14.2. The molecule has 1 saturated heterocycles. The van der Waals surface area contributed by atoms with Crippen LogP contribution in [0.4, 0.5) is 4.39 Å². The van der Waals surface area contributed by atoms with Gasteiger partial charge in [0.25, 0.3) is 0 Å². The molecule has 19 heavy (non-hydrogen) atoms. The molecule has 1 heterocycles. The number of ether oxygens (including phenoxy) is 1. The highest BCUT2D eigenvalue weighted by Crippen LogP contribution is 2.28. The van der Waals surface area contributed by atoms with Crippen molar-refractivity contribution in [1.29, 1.82) is 0 Å². The van der Waals surface area contributed by atoms with E-state index in [2.05, 4.69) is 0 Å². The van der Waals surface area contributed by atoms with Gasteiger partial charge in [0.05, 0.1) is 11.5 Å². The van der Waals surface area contributed by atoms with Crippen molar-refractivity contribution in [2.24, 2.45) is 5.73 Å². The number of nitrogens with two attached hydrogens (primary N) is 1. The molecule has 3 N–H and O–H groups in total. The third-order valence-corrected chi connectivity index (χ3v) is 4.70. The number of benzene rings is 1. The van der Waals surface area contributed by atoms with E-state index in [-0.39, 0.29) is 11.5 Å². The minimum atomic E-state index is -3.29. The maximum absolute atomic E-state index is 13.2. The Labute approximate surface area is 111 Å². The number of sulfone groups is 1. The van der Waals surface area contributed by atoms with Gasteiger partial charge in [-0.05, 0) is 25.1 Å². The fourth-order valence-electron chi connectivity index (χ4n) is 2.06. The van der Waals surface area contributed by atoms with Gasteiger partial charge < -0.3 is 15.6 Å². The molecule has 0 radical (unpaired) electrons. The molecule has 1 fully saturated rings. The molecule has 0 spiro atoms. The first-order valence-electron chi connectivity index (χ1n) is 5.88. The minimum absolute atomic E-state index is 0.246. The summed E-state index contributed by atoms with van der Waals surface area (Å²) in [6, 6.07) is 3.39. The summed E-state index contributed by atoms with van der Waals surface area (Å²) in [7, 11) is -3.29. The van der Waals surface area contributed by atoms with Crippen LogP contribution >= 0.6 is 0 Å². The standard InChI is InChI=1S/C12H16FNO4S/c1-7(14)9-4-8(13)2-3-11(9)18-12-6-19(16,17)5-10(12)15/h2-4,7,10,12,15H,5-6,14H2,1H3/t7-,10?,12?/m1/s1. The molecule has 106 valence electrons. The second kappa shape index (κ2) is 5.07. The van der Waals surface area contributed by atoms with Crippen molar-refractivity contribution in [3.63, 3.8) is 0 Å². The highest BCUT2D eigenvalue weighted by Gasteiger charge is 2.38. The third-order valence-electron chi connectivity index (χ3n) is 3.01. The summed E-state index contributed by atoms with van der Waals surface area (Å²) >= 11 is 0. The first kappa shape index (κ1) is 14.2. The monoisotopic (exact) mass is 289 g/mol. The molecule has 0 saturated carbocycles. The third kappa shape index (κ3) is 3.23. The summed E-state index contributed by atoms with van der Waals surface area (Å²) in [4.78, 5) is 0. The van der Waals surface area contributed by atoms with Gasteiger partial charge in [-0.15, -0.1) is 0 Å². The molecule has 1 aromatic rings. The van der Waals surface area contributed by atoms with Crippen LogP contribution in [0, 0.1) is 5.82 Å². The Balaban J connectivity index is 2.25. The fourth-order valence-corrected chi connectivity index (χ4v) is 3.72. The van der Waals surface area contributed by atoms with Crippen LogP contribution in [0.15, 0.2) is 18.2 Å². The summed E-state index contributed by atoms with van der Waals surface area (Å²) < 4.78 is 41.4. The Morgan fingerprint density at radius 2 is 2.16 bits per heavy atom. The van der Waals surface area contributed by atoms with E-state index in [9.17, 15) is 17.9 Å². The van der Waals surface area contributed by atoms with E-state index >= 15 is 0 Å². The van der Waals surface area contributed by atoms with Crippen molar-refractivity contribution in [1.82, 2.24) is 0 Å². The van der Waals surface area contributed by atoms with Crippen LogP contribution in [0.5, 0.6) is 5.75 Å². The molecule has 0 bridgehead atoms. The van der Waals surface area contributed by atoms with Gasteiger partial charge in [0, 0.05) is 11.6 Å². The summed E-state index contributed by atoms with van der Waals surface area (Å²) in [5.74, 6) is -0.701. The predicted octanol–water partition coefficient (Wildman–Crippen LogP) is 0.382. The zero-order valence-electron chi connectivity index (χ0n) is 10.4. The number of hydrogen-bond donors (Lipinski definition) is 2. The van der Waals surface area contributed by atoms with Gasteiger partial charge in [-0.1, -0.05) is 0 Å². The largest absolute Gasteiger partial charge is 0.486 e. The van der Waals surface area contributed by atoms with Crippen molar-refractivity contribution < 1.29 is 22.7 Å². The van der Waals surface area contributed by atoms with Gasteiger partial charge in [0.15, 0.2) is 9.84 Å². The Hall–Kier alpha value is -1.18. The van der Waals surface area contributed by atoms with E-state index in [0.717, 1.165) is 0 Å². The molecule has 0 aliphatic carbocycles. The Kier molecular flexibility index (Phi) is 3.80. The van der Waals surface area contributed by atoms with Crippen LogP contribution in [-0.2, 0) is 9.84 Å². The van der Waals surface area contributed by atoms with Crippen LogP contribution in [0.1, 0.15) is 18.5 Å². The lowest BCUT2D eigenvalue weighted by Crippen LogP contribution is -2.30. The SMILES string of the molecule is C[C@@H](N)c1cc(F)ccc1OC1CS(=O)(=O)CC1O. The quantitative estimate of drug-likeness (QED) is 0.840. The molecule has 1 aliphatic heterocycles. The molecule has 1 aromatic carbocycles. The van der Waals surface area contributed by atoms with E-state index in [0.29, 0.717) is 11.3 Å². The van der Waals surface area contributed by atoms with E-state index in [1.165, 1.54) is 18.2 Å². The lowest BCUT2D eigenvalue weighted by molar-refractivity contribution is 0.0729. The molecule has 2 rings (SSSR count). The van der Waals surface area contributed by atoms with Gasteiger partial charge in [0.1, 0.15) is 23.8 Å². The van der Waals surface area contributed by atoms with Gasteiger partial charge in [-0.25, -0.2) is 12.8 Å². The minimum Gasteiger partial charge on any atom is -0.486 e. The number of hydrogen-bond acceptors (Lipinski definition) is 5. The topological polar surface area (TPSA) is 89.6 Å². The summed E-state index contributed by atoms with van der Waals surface area (Å²) in [6.07, 6.45) is -1.91. The van der Waals surface area contributed by atoms with Crippen LogP contribution in [0.2, 0.25) is 0 Å². The molecular weight excluding hydrogens is 273 g/mol. The Morgan fingerprint density at radius 3 is 2.68 bits per heavy atom. The highest BCUT2D eigenvalue weighted by molar-refractivity contribution is 7.91. The summed E-state index contributed by atoms with van der Waals surface area (Å²) in [5.41, 5.74) is 6.16. The van der Waals surface area contributed by atoms with E-state index < -0.39 is 33.9 Å². The second-order valence-corrected chi connectivity index (χ2v) is 6.93. The predicted molar refractivity (Wildman–Crippen MR) is 68.1 cm³/mol. The molecule has 1 aliphatic rings. The number of aliphatic hydroxyl groups is 1. The van der Waals surface area contributed by atoms with Gasteiger partial charge in [-0.2, -0.15) is 0 Å². The number of aliphatic hydroxyl groups excluding tert-OH is 1. The Bertz CT molecular complexity index is 573. The molecule has 2 unspecified atom stereocenters. The van der Waals surface area contributed by atoms with Crippen LogP contribution in [0.3, 0.4) is 0 Å².